The Balaban J connectivity index is 1.66. The second-order valence-electron chi connectivity index (χ2n) is 6.74. The van der Waals surface area contributed by atoms with Crippen LogP contribution >= 0.6 is 11.6 Å². The van der Waals surface area contributed by atoms with Gasteiger partial charge in [0.2, 0.25) is 0 Å². The van der Waals surface area contributed by atoms with Crippen molar-refractivity contribution in [2.45, 2.75) is 12.6 Å². The lowest BCUT2D eigenvalue weighted by atomic mass is 10.0. The van der Waals surface area contributed by atoms with E-state index in [0.717, 1.165) is 11.1 Å². The Labute approximate surface area is 173 Å². The molecule has 6 heteroatoms. The molecule has 0 bridgehead atoms. The SMILES string of the molecule is COc1ccc(NC(=O)[C@@H](c2ccccc2)N2Cc3ccccc3C2=O)cc1Cl. The van der Waals surface area contributed by atoms with Gasteiger partial charge in [-0.05, 0) is 35.4 Å². The third-order valence-corrected chi connectivity index (χ3v) is 5.24. The van der Waals surface area contributed by atoms with Crippen molar-refractivity contribution >= 4 is 29.1 Å². The number of carbonyl (C=O) groups excluding carboxylic acids is 2. The molecule has 2 amide bonds. The third kappa shape index (κ3) is 3.69. The summed E-state index contributed by atoms with van der Waals surface area (Å²) in [6, 6.07) is 21.0. The van der Waals surface area contributed by atoms with E-state index in [2.05, 4.69) is 5.32 Å². The summed E-state index contributed by atoms with van der Waals surface area (Å²) in [5, 5.41) is 3.28. The first-order valence-corrected chi connectivity index (χ1v) is 9.54. The van der Waals surface area contributed by atoms with Crippen LogP contribution in [0.1, 0.15) is 27.5 Å². The summed E-state index contributed by atoms with van der Waals surface area (Å²) in [6.07, 6.45) is 0. The van der Waals surface area contributed by atoms with Gasteiger partial charge in [-0.15, -0.1) is 0 Å². The van der Waals surface area contributed by atoms with E-state index in [1.54, 1.807) is 29.2 Å². The minimum absolute atomic E-state index is 0.155. The monoisotopic (exact) mass is 406 g/mol. The molecule has 0 unspecified atom stereocenters. The zero-order chi connectivity index (χ0) is 20.4. The molecular weight excluding hydrogens is 388 g/mol. The Morgan fingerprint density at radius 1 is 1.07 bits per heavy atom. The molecule has 0 saturated heterocycles. The molecule has 0 radical (unpaired) electrons. The van der Waals surface area contributed by atoms with Crippen molar-refractivity contribution in [2.24, 2.45) is 0 Å². The van der Waals surface area contributed by atoms with Gasteiger partial charge in [0.15, 0.2) is 0 Å². The number of carbonyl (C=O) groups is 2. The van der Waals surface area contributed by atoms with E-state index in [9.17, 15) is 9.59 Å². The highest BCUT2D eigenvalue weighted by Crippen LogP contribution is 2.33. The summed E-state index contributed by atoms with van der Waals surface area (Å²) >= 11 is 6.18. The first-order chi connectivity index (χ1) is 14.1. The fourth-order valence-electron chi connectivity index (χ4n) is 3.55. The van der Waals surface area contributed by atoms with Crippen molar-refractivity contribution in [3.05, 3.63) is 94.5 Å². The quantitative estimate of drug-likeness (QED) is 0.669. The van der Waals surface area contributed by atoms with Gasteiger partial charge in [0.05, 0.1) is 12.1 Å². The molecule has 3 aromatic carbocycles. The largest absolute Gasteiger partial charge is 0.495 e. The lowest BCUT2D eigenvalue weighted by molar-refractivity contribution is -0.120. The second-order valence-corrected chi connectivity index (χ2v) is 7.15. The summed E-state index contributed by atoms with van der Waals surface area (Å²) in [4.78, 5) is 27.9. The average molecular weight is 407 g/mol. The number of methoxy groups -OCH3 is 1. The summed E-state index contributed by atoms with van der Waals surface area (Å²) in [5.41, 5.74) is 2.82. The number of anilines is 1. The summed E-state index contributed by atoms with van der Waals surface area (Å²) in [7, 11) is 1.53. The maximum atomic E-state index is 13.3. The van der Waals surface area contributed by atoms with Gasteiger partial charge in [0.25, 0.3) is 11.8 Å². The predicted octanol–water partition coefficient (Wildman–Crippen LogP) is 4.68. The van der Waals surface area contributed by atoms with E-state index in [1.807, 2.05) is 48.5 Å². The van der Waals surface area contributed by atoms with Crippen molar-refractivity contribution < 1.29 is 14.3 Å². The molecule has 1 atom stereocenters. The number of halogens is 1. The lowest BCUT2D eigenvalue weighted by Gasteiger charge is -2.27. The maximum absolute atomic E-state index is 13.3. The number of ether oxygens (including phenoxy) is 1. The topological polar surface area (TPSA) is 58.6 Å². The Morgan fingerprint density at radius 3 is 2.48 bits per heavy atom. The van der Waals surface area contributed by atoms with Gasteiger partial charge < -0.3 is 15.0 Å². The zero-order valence-corrected chi connectivity index (χ0v) is 16.5. The van der Waals surface area contributed by atoms with Gasteiger partial charge in [-0.2, -0.15) is 0 Å². The first-order valence-electron chi connectivity index (χ1n) is 9.16. The average Bonchev–Trinajstić information content (AvgIpc) is 3.06. The fraction of sp³-hybridized carbons (Fsp3) is 0.130. The minimum Gasteiger partial charge on any atom is -0.495 e. The highest BCUT2D eigenvalue weighted by atomic mass is 35.5. The third-order valence-electron chi connectivity index (χ3n) is 4.94. The Bertz CT molecular complexity index is 1070. The predicted molar refractivity (Wildman–Crippen MR) is 112 cm³/mol. The van der Waals surface area contributed by atoms with Crippen molar-refractivity contribution in [3.63, 3.8) is 0 Å². The molecule has 0 saturated carbocycles. The van der Waals surface area contributed by atoms with Gasteiger partial charge in [0.1, 0.15) is 11.8 Å². The van der Waals surface area contributed by atoms with Crippen LogP contribution in [0.2, 0.25) is 5.02 Å². The van der Waals surface area contributed by atoms with E-state index in [0.29, 0.717) is 28.6 Å². The van der Waals surface area contributed by atoms with Crippen LogP contribution in [0.3, 0.4) is 0 Å². The number of hydrogen-bond donors (Lipinski definition) is 1. The standard InChI is InChI=1S/C23H19ClN2O3/c1-29-20-12-11-17(13-19(20)24)25-22(27)21(15-7-3-2-4-8-15)26-14-16-9-5-6-10-18(16)23(26)28/h2-13,21H,14H2,1H3,(H,25,27)/t21-/m1/s1. The highest BCUT2D eigenvalue weighted by Gasteiger charge is 2.37. The molecular formula is C23H19ClN2O3. The van der Waals surface area contributed by atoms with E-state index in [-0.39, 0.29) is 11.8 Å². The molecule has 1 N–H and O–H groups in total. The van der Waals surface area contributed by atoms with Gasteiger partial charge >= 0.3 is 0 Å². The summed E-state index contributed by atoms with van der Waals surface area (Å²) in [5.74, 6) is 0.0606. The number of benzene rings is 3. The van der Waals surface area contributed by atoms with Crippen molar-refractivity contribution in [3.8, 4) is 5.75 Å². The first kappa shape index (κ1) is 19.0. The molecule has 146 valence electrons. The molecule has 1 aliphatic heterocycles. The second kappa shape index (κ2) is 7.97. The van der Waals surface area contributed by atoms with Crippen LogP contribution in [0.4, 0.5) is 5.69 Å². The van der Waals surface area contributed by atoms with E-state index < -0.39 is 6.04 Å². The highest BCUT2D eigenvalue weighted by molar-refractivity contribution is 6.32. The molecule has 5 nitrogen and oxygen atoms in total. The van der Waals surface area contributed by atoms with Gasteiger partial charge in [-0.3, -0.25) is 9.59 Å². The molecule has 4 rings (SSSR count). The number of rotatable bonds is 5. The van der Waals surface area contributed by atoms with E-state index >= 15 is 0 Å². The normalized spacial score (nSPS) is 13.7. The molecule has 0 fully saturated rings. The smallest absolute Gasteiger partial charge is 0.255 e. The number of hydrogen-bond acceptors (Lipinski definition) is 3. The van der Waals surface area contributed by atoms with Crippen LogP contribution in [0, 0.1) is 0 Å². The Hall–Kier alpha value is -3.31. The summed E-state index contributed by atoms with van der Waals surface area (Å²) in [6.45, 7) is 0.380. The van der Waals surface area contributed by atoms with Crippen LogP contribution in [0.5, 0.6) is 5.75 Å². The van der Waals surface area contributed by atoms with Gasteiger partial charge in [-0.1, -0.05) is 60.1 Å². The Morgan fingerprint density at radius 2 is 1.79 bits per heavy atom. The molecule has 0 aromatic heterocycles. The van der Waals surface area contributed by atoms with Gasteiger partial charge in [-0.25, -0.2) is 0 Å². The molecule has 1 aliphatic rings. The van der Waals surface area contributed by atoms with Crippen LogP contribution in [0.25, 0.3) is 0 Å². The van der Waals surface area contributed by atoms with Crippen LogP contribution in [-0.4, -0.2) is 23.8 Å². The van der Waals surface area contributed by atoms with Gasteiger partial charge in [0, 0.05) is 17.8 Å². The maximum Gasteiger partial charge on any atom is 0.255 e. The van der Waals surface area contributed by atoms with Crippen molar-refractivity contribution in [2.75, 3.05) is 12.4 Å². The van der Waals surface area contributed by atoms with Crippen LogP contribution in [-0.2, 0) is 11.3 Å². The lowest BCUT2D eigenvalue weighted by Crippen LogP contribution is -2.37. The molecule has 3 aromatic rings. The van der Waals surface area contributed by atoms with Crippen LogP contribution < -0.4 is 10.1 Å². The number of nitrogens with zero attached hydrogens (tertiary/aromatic N) is 1. The molecule has 0 aliphatic carbocycles. The number of amides is 2. The fourth-order valence-corrected chi connectivity index (χ4v) is 3.81. The molecule has 29 heavy (non-hydrogen) atoms. The van der Waals surface area contributed by atoms with E-state index in [4.69, 9.17) is 16.3 Å². The molecule has 0 spiro atoms. The van der Waals surface area contributed by atoms with Crippen molar-refractivity contribution in [1.29, 1.82) is 0 Å². The number of nitrogens with one attached hydrogen (secondary N) is 1. The van der Waals surface area contributed by atoms with Crippen molar-refractivity contribution in [1.82, 2.24) is 4.90 Å². The minimum atomic E-state index is -0.767. The molecule has 1 heterocycles. The summed E-state index contributed by atoms with van der Waals surface area (Å²) < 4.78 is 5.16. The van der Waals surface area contributed by atoms with E-state index in [1.165, 1.54) is 7.11 Å². The Kier molecular flexibility index (Phi) is 5.23. The number of fused-ring (bicyclic) bond motifs is 1. The zero-order valence-electron chi connectivity index (χ0n) is 15.8. The van der Waals surface area contributed by atoms with Crippen LogP contribution in [0.15, 0.2) is 72.8 Å².